The van der Waals surface area contributed by atoms with Crippen molar-refractivity contribution in [3.8, 4) is 0 Å². The van der Waals surface area contributed by atoms with Crippen LogP contribution in [0.5, 0.6) is 0 Å². The van der Waals surface area contributed by atoms with Gasteiger partial charge in [0.25, 0.3) is 0 Å². The van der Waals surface area contributed by atoms with E-state index < -0.39 is 0 Å². The molecule has 1 aromatic carbocycles. The highest BCUT2D eigenvalue weighted by Gasteiger charge is 2.33. The number of rotatable bonds is 5. The largest absolute Gasteiger partial charge is 0.461 e. The first-order chi connectivity index (χ1) is 11.9. The highest BCUT2D eigenvalue weighted by Crippen LogP contribution is 2.36. The monoisotopic (exact) mass is 397 g/mol. The van der Waals surface area contributed by atoms with Gasteiger partial charge in [0, 0.05) is 5.02 Å². The fourth-order valence-electron chi connectivity index (χ4n) is 3.51. The minimum absolute atomic E-state index is 0.0611. The summed E-state index contributed by atoms with van der Waals surface area (Å²) in [7, 11) is 0. The van der Waals surface area contributed by atoms with E-state index >= 15 is 0 Å². The summed E-state index contributed by atoms with van der Waals surface area (Å²) in [6.45, 7) is 6.70. The van der Waals surface area contributed by atoms with E-state index in [-0.39, 0.29) is 12.1 Å². The molecule has 3 atom stereocenters. The van der Waals surface area contributed by atoms with Crippen molar-refractivity contribution in [3.63, 3.8) is 0 Å². The summed E-state index contributed by atoms with van der Waals surface area (Å²) in [6, 6.07) is 5.68. The highest BCUT2D eigenvalue weighted by atomic mass is 35.5. The van der Waals surface area contributed by atoms with Crippen molar-refractivity contribution in [2.75, 3.05) is 5.75 Å². The zero-order valence-electron chi connectivity index (χ0n) is 14.8. The first-order valence-corrected chi connectivity index (χ1v) is 11.0. The van der Waals surface area contributed by atoms with Crippen LogP contribution < -0.4 is 0 Å². The predicted octanol–water partition coefficient (Wildman–Crippen LogP) is 6.05. The average Bonchev–Trinajstić information content (AvgIpc) is 2.94. The molecule has 0 unspecified atom stereocenters. The molecule has 6 heteroatoms. The van der Waals surface area contributed by atoms with Gasteiger partial charge in [-0.1, -0.05) is 50.6 Å². The van der Waals surface area contributed by atoms with Crippen molar-refractivity contribution >= 4 is 50.9 Å². The molecule has 3 nitrogen and oxygen atoms in total. The minimum atomic E-state index is -0.132. The number of thioether (sulfide) groups is 1. The Labute approximate surface area is 162 Å². The van der Waals surface area contributed by atoms with Crippen LogP contribution in [0.1, 0.15) is 40.0 Å². The van der Waals surface area contributed by atoms with E-state index in [1.807, 2.05) is 18.2 Å². The van der Waals surface area contributed by atoms with Crippen molar-refractivity contribution in [1.82, 2.24) is 4.98 Å². The number of aromatic nitrogens is 1. The second-order valence-corrected chi connectivity index (χ2v) is 9.92. The molecule has 0 amide bonds. The Hall–Kier alpha value is -0.780. The second-order valence-electron chi connectivity index (χ2n) is 7.23. The molecule has 1 heterocycles. The molecule has 1 fully saturated rings. The van der Waals surface area contributed by atoms with Crippen LogP contribution in [-0.2, 0) is 9.53 Å². The first kappa shape index (κ1) is 19.0. The van der Waals surface area contributed by atoms with E-state index in [1.165, 1.54) is 18.2 Å². The number of nitrogens with zero attached hydrogens (tertiary/aromatic N) is 1. The van der Waals surface area contributed by atoms with Gasteiger partial charge < -0.3 is 4.74 Å². The van der Waals surface area contributed by atoms with Crippen LogP contribution in [-0.4, -0.2) is 22.8 Å². The molecule has 2 aromatic rings. The molecule has 136 valence electrons. The molecule has 0 radical (unpaired) electrons. The van der Waals surface area contributed by atoms with Crippen LogP contribution in [0, 0.1) is 17.8 Å². The SMILES string of the molecule is CC(C)[C@H]1CC[C@@H](C)C[C@H]1OC(=O)CSc1nc2cc(Cl)ccc2s1. The maximum absolute atomic E-state index is 12.3. The van der Waals surface area contributed by atoms with E-state index in [0.29, 0.717) is 28.5 Å². The summed E-state index contributed by atoms with van der Waals surface area (Å²) in [5.74, 6) is 1.84. The summed E-state index contributed by atoms with van der Waals surface area (Å²) < 4.78 is 7.81. The van der Waals surface area contributed by atoms with E-state index in [0.717, 1.165) is 27.4 Å². The number of thiazole rings is 1. The lowest BCUT2D eigenvalue weighted by molar-refractivity contribution is -0.152. The quantitative estimate of drug-likeness (QED) is 0.455. The molecule has 1 saturated carbocycles. The van der Waals surface area contributed by atoms with Crippen molar-refractivity contribution in [2.24, 2.45) is 17.8 Å². The van der Waals surface area contributed by atoms with Crippen LogP contribution in [0.25, 0.3) is 10.2 Å². The molecule has 0 spiro atoms. The van der Waals surface area contributed by atoms with Gasteiger partial charge in [0.1, 0.15) is 6.10 Å². The molecule has 0 saturated heterocycles. The number of ether oxygens (including phenoxy) is 1. The molecule has 25 heavy (non-hydrogen) atoms. The maximum Gasteiger partial charge on any atom is 0.316 e. The Kier molecular flexibility index (Phi) is 6.29. The first-order valence-electron chi connectivity index (χ1n) is 8.80. The number of carbonyl (C=O) groups excluding carboxylic acids is 1. The van der Waals surface area contributed by atoms with E-state index in [1.54, 1.807) is 11.3 Å². The number of esters is 1. The van der Waals surface area contributed by atoms with Gasteiger partial charge in [-0.25, -0.2) is 4.98 Å². The Morgan fingerprint density at radius 2 is 2.24 bits per heavy atom. The third kappa shape index (κ3) is 4.89. The number of carbonyl (C=O) groups is 1. The Balaban J connectivity index is 1.57. The summed E-state index contributed by atoms with van der Waals surface area (Å²) in [6.07, 6.45) is 3.44. The van der Waals surface area contributed by atoms with Crippen molar-refractivity contribution < 1.29 is 9.53 Å². The average molecular weight is 398 g/mol. The van der Waals surface area contributed by atoms with Crippen LogP contribution in [0.15, 0.2) is 22.5 Å². The van der Waals surface area contributed by atoms with Gasteiger partial charge in [-0.05, 0) is 48.8 Å². The van der Waals surface area contributed by atoms with E-state index in [4.69, 9.17) is 16.3 Å². The number of hydrogen-bond acceptors (Lipinski definition) is 5. The standard InChI is InChI=1S/C19H24ClNO2S2/c1-11(2)14-6-4-12(3)8-16(14)23-18(22)10-24-19-21-15-9-13(20)5-7-17(15)25-19/h5,7,9,11-12,14,16H,4,6,8,10H2,1-3H3/t12-,14-,16-/m1/s1. The molecule has 1 aliphatic carbocycles. The van der Waals surface area contributed by atoms with Crippen LogP contribution in [0.3, 0.4) is 0 Å². The third-order valence-electron chi connectivity index (χ3n) is 4.89. The molecule has 0 bridgehead atoms. The summed E-state index contributed by atoms with van der Waals surface area (Å²) >= 11 is 9.03. The zero-order chi connectivity index (χ0) is 18.0. The molecule has 1 aromatic heterocycles. The van der Waals surface area contributed by atoms with Crippen molar-refractivity contribution in [2.45, 2.75) is 50.5 Å². The lowest BCUT2D eigenvalue weighted by atomic mass is 9.75. The number of hydrogen-bond donors (Lipinski definition) is 0. The van der Waals surface area contributed by atoms with Gasteiger partial charge in [-0.15, -0.1) is 11.3 Å². The predicted molar refractivity (Wildman–Crippen MR) is 107 cm³/mol. The minimum Gasteiger partial charge on any atom is -0.461 e. The van der Waals surface area contributed by atoms with Gasteiger partial charge in [0.05, 0.1) is 16.0 Å². The Bertz CT molecular complexity index is 746. The number of benzene rings is 1. The highest BCUT2D eigenvalue weighted by molar-refractivity contribution is 8.01. The van der Waals surface area contributed by atoms with Crippen molar-refractivity contribution in [1.29, 1.82) is 0 Å². The summed E-state index contributed by atoms with van der Waals surface area (Å²) in [5, 5.41) is 0.680. The summed E-state index contributed by atoms with van der Waals surface area (Å²) in [5.41, 5.74) is 0.884. The third-order valence-corrected chi connectivity index (χ3v) is 7.28. The molecule has 0 aliphatic heterocycles. The fraction of sp³-hybridized carbons (Fsp3) is 0.579. The topological polar surface area (TPSA) is 39.2 Å². The van der Waals surface area contributed by atoms with Gasteiger partial charge >= 0.3 is 5.97 Å². The Morgan fingerprint density at radius 1 is 1.44 bits per heavy atom. The lowest BCUT2D eigenvalue weighted by Crippen LogP contribution is -2.36. The molecular weight excluding hydrogens is 374 g/mol. The zero-order valence-corrected chi connectivity index (χ0v) is 17.2. The van der Waals surface area contributed by atoms with Gasteiger partial charge in [-0.2, -0.15) is 0 Å². The van der Waals surface area contributed by atoms with Gasteiger partial charge in [0.2, 0.25) is 0 Å². The molecule has 0 N–H and O–H groups in total. The fourth-order valence-corrected chi connectivity index (χ4v) is 5.51. The van der Waals surface area contributed by atoms with Crippen LogP contribution in [0.2, 0.25) is 5.02 Å². The van der Waals surface area contributed by atoms with Crippen LogP contribution >= 0.6 is 34.7 Å². The smallest absolute Gasteiger partial charge is 0.316 e. The van der Waals surface area contributed by atoms with E-state index in [2.05, 4.69) is 25.8 Å². The van der Waals surface area contributed by atoms with Crippen LogP contribution in [0.4, 0.5) is 0 Å². The molecular formula is C19H24ClNO2S2. The van der Waals surface area contributed by atoms with Gasteiger partial charge in [-0.3, -0.25) is 4.79 Å². The molecule has 1 aliphatic rings. The van der Waals surface area contributed by atoms with E-state index in [9.17, 15) is 4.79 Å². The van der Waals surface area contributed by atoms with Gasteiger partial charge in [0.15, 0.2) is 4.34 Å². The number of fused-ring (bicyclic) bond motifs is 1. The van der Waals surface area contributed by atoms with Crippen molar-refractivity contribution in [3.05, 3.63) is 23.2 Å². The Morgan fingerprint density at radius 3 is 3.00 bits per heavy atom. The number of halogens is 1. The molecule has 3 rings (SSSR count). The summed E-state index contributed by atoms with van der Waals surface area (Å²) in [4.78, 5) is 16.9. The maximum atomic E-state index is 12.3. The normalized spacial score (nSPS) is 24.0. The lowest BCUT2D eigenvalue weighted by Gasteiger charge is -2.36. The second kappa shape index (κ2) is 8.28.